The van der Waals surface area contributed by atoms with Gasteiger partial charge in [0.05, 0.1) is 0 Å². The van der Waals surface area contributed by atoms with E-state index in [-0.39, 0.29) is 11.8 Å². The molecule has 0 aliphatic heterocycles. The SMILES string of the molecule is CC(C)c1cc(C(=O)N(C)Cc2ccncc2)cc(N)n1. The van der Waals surface area contributed by atoms with Crippen molar-refractivity contribution >= 4 is 11.7 Å². The van der Waals surface area contributed by atoms with E-state index in [1.807, 2.05) is 32.0 Å². The molecule has 0 aliphatic carbocycles. The molecule has 0 aromatic carbocycles. The van der Waals surface area contributed by atoms with E-state index in [0.717, 1.165) is 11.3 Å². The summed E-state index contributed by atoms with van der Waals surface area (Å²) in [6.45, 7) is 4.58. The lowest BCUT2D eigenvalue weighted by molar-refractivity contribution is 0.0785. The zero-order valence-electron chi connectivity index (χ0n) is 12.6. The maximum Gasteiger partial charge on any atom is 0.254 e. The van der Waals surface area contributed by atoms with Crippen LogP contribution < -0.4 is 5.73 Å². The average Bonchev–Trinajstić information content (AvgIpc) is 2.46. The lowest BCUT2D eigenvalue weighted by Gasteiger charge is -2.18. The third-order valence-electron chi connectivity index (χ3n) is 3.22. The van der Waals surface area contributed by atoms with Gasteiger partial charge in [-0.05, 0) is 35.7 Å². The summed E-state index contributed by atoms with van der Waals surface area (Å²) in [5.41, 5.74) is 8.23. The highest BCUT2D eigenvalue weighted by Gasteiger charge is 2.15. The molecule has 1 amide bonds. The maximum atomic E-state index is 12.5. The van der Waals surface area contributed by atoms with Crippen LogP contribution in [0.1, 0.15) is 41.4 Å². The molecule has 0 atom stereocenters. The summed E-state index contributed by atoms with van der Waals surface area (Å²) in [5.74, 6) is 0.537. The van der Waals surface area contributed by atoms with Crippen LogP contribution >= 0.6 is 0 Å². The second-order valence-electron chi connectivity index (χ2n) is 5.38. The standard InChI is InChI=1S/C16H20N4O/c1-11(2)14-8-13(9-15(17)19-14)16(21)20(3)10-12-4-6-18-7-5-12/h4-9,11H,10H2,1-3H3,(H2,17,19). The van der Waals surface area contributed by atoms with E-state index >= 15 is 0 Å². The summed E-state index contributed by atoms with van der Waals surface area (Å²) < 4.78 is 0. The van der Waals surface area contributed by atoms with Crippen LogP contribution in [0.3, 0.4) is 0 Å². The molecule has 0 radical (unpaired) electrons. The van der Waals surface area contributed by atoms with E-state index in [1.54, 1.807) is 30.4 Å². The fourth-order valence-electron chi connectivity index (χ4n) is 2.05. The predicted molar refractivity (Wildman–Crippen MR) is 82.8 cm³/mol. The first-order valence-corrected chi connectivity index (χ1v) is 6.89. The summed E-state index contributed by atoms with van der Waals surface area (Å²) in [6, 6.07) is 7.22. The topological polar surface area (TPSA) is 72.1 Å². The molecule has 0 spiro atoms. The van der Waals surface area contributed by atoms with Crippen LogP contribution in [-0.4, -0.2) is 27.8 Å². The van der Waals surface area contributed by atoms with Crippen LogP contribution in [0.25, 0.3) is 0 Å². The number of carbonyl (C=O) groups is 1. The van der Waals surface area contributed by atoms with Crippen LogP contribution in [0.5, 0.6) is 0 Å². The highest BCUT2D eigenvalue weighted by Crippen LogP contribution is 2.17. The Labute approximate surface area is 124 Å². The second-order valence-corrected chi connectivity index (χ2v) is 5.38. The first-order valence-electron chi connectivity index (χ1n) is 6.89. The van der Waals surface area contributed by atoms with Gasteiger partial charge in [0.2, 0.25) is 0 Å². The number of carbonyl (C=O) groups excluding carboxylic acids is 1. The van der Waals surface area contributed by atoms with Crippen molar-refractivity contribution in [2.75, 3.05) is 12.8 Å². The van der Waals surface area contributed by atoms with Gasteiger partial charge in [-0.2, -0.15) is 0 Å². The van der Waals surface area contributed by atoms with Crippen molar-refractivity contribution in [3.05, 3.63) is 53.5 Å². The lowest BCUT2D eigenvalue weighted by atomic mass is 10.1. The second kappa shape index (κ2) is 6.35. The van der Waals surface area contributed by atoms with Gasteiger partial charge in [-0.15, -0.1) is 0 Å². The molecule has 110 valence electrons. The highest BCUT2D eigenvalue weighted by molar-refractivity contribution is 5.94. The number of hydrogen-bond acceptors (Lipinski definition) is 4. The van der Waals surface area contributed by atoms with Gasteiger partial charge in [0.15, 0.2) is 0 Å². The first kappa shape index (κ1) is 15.0. The zero-order valence-corrected chi connectivity index (χ0v) is 12.6. The third-order valence-corrected chi connectivity index (χ3v) is 3.22. The number of anilines is 1. The highest BCUT2D eigenvalue weighted by atomic mass is 16.2. The molecule has 2 aromatic rings. The average molecular weight is 284 g/mol. The number of hydrogen-bond donors (Lipinski definition) is 1. The molecule has 0 saturated heterocycles. The Morgan fingerprint density at radius 3 is 2.57 bits per heavy atom. The first-order chi connectivity index (χ1) is 9.97. The smallest absolute Gasteiger partial charge is 0.254 e. The van der Waals surface area contributed by atoms with Crippen LogP contribution in [0.15, 0.2) is 36.7 Å². The van der Waals surface area contributed by atoms with E-state index < -0.39 is 0 Å². The molecule has 0 fully saturated rings. The molecule has 2 aromatic heterocycles. The minimum Gasteiger partial charge on any atom is -0.384 e. The Kier molecular flexibility index (Phi) is 4.52. The number of amides is 1. The van der Waals surface area contributed by atoms with Crippen molar-refractivity contribution in [3.8, 4) is 0 Å². The summed E-state index contributed by atoms with van der Waals surface area (Å²) in [5, 5.41) is 0. The molecule has 5 nitrogen and oxygen atoms in total. The number of pyridine rings is 2. The monoisotopic (exact) mass is 284 g/mol. The van der Waals surface area contributed by atoms with Crippen molar-refractivity contribution in [3.63, 3.8) is 0 Å². The van der Waals surface area contributed by atoms with Gasteiger partial charge in [0.25, 0.3) is 5.91 Å². The number of rotatable bonds is 4. The number of nitrogens with two attached hydrogens (primary N) is 1. The largest absolute Gasteiger partial charge is 0.384 e. The van der Waals surface area contributed by atoms with E-state index in [0.29, 0.717) is 17.9 Å². The molecule has 0 saturated carbocycles. The normalized spacial score (nSPS) is 10.7. The zero-order chi connectivity index (χ0) is 15.4. The molecule has 21 heavy (non-hydrogen) atoms. The number of aromatic nitrogens is 2. The molecule has 0 bridgehead atoms. The molecular weight excluding hydrogens is 264 g/mol. The summed E-state index contributed by atoms with van der Waals surface area (Å²) in [7, 11) is 1.77. The molecule has 0 unspecified atom stereocenters. The fourth-order valence-corrected chi connectivity index (χ4v) is 2.05. The van der Waals surface area contributed by atoms with Gasteiger partial charge >= 0.3 is 0 Å². The Morgan fingerprint density at radius 1 is 1.29 bits per heavy atom. The minimum atomic E-state index is -0.0668. The molecule has 2 N–H and O–H groups in total. The van der Waals surface area contributed by atoms with E-state index in [9.17, 15) is 4.79 Å². The van der Waals surface area contributed by atoms with Gasteiger partial charge in [-0.25, -0.2) is 4.98 Å². The van der Waals surface area contributed by atoms with Crippen molar-refractivity contribution in [2.45, 2.75) is 26.3 Å². The van der Waals surface area contributed by atoms with Gasteiger partial charge in [0.1, 0.15) is 5.82 Å². The quantitative estimate of drug-likeness (QED) is 0.936. The Bertz CT molecular complexity index is 625. The van der Waals surface area contributed by atoms with Crippen LogP contribution in [0.4, 0.5) is 5.82 Å². The fraction of sp³-hybridized carbons (Fsp3) is 0.312. The Morgan fingerprint density at radius 2 is 1.95 bits per heavy atom. The maximum absolute atomic E-state index is 12.5. The van der Waals surface area contributed by atoms with Crippen molar-refractivity contribution in [1.82, 2.24) is 14.9 Å². The van der Waals surface area contributed by atoms with Gasteiger partial charge in [-0.3, -0.25) is 9.78 Å². The van der Waals surface area contributed by atoms with E-state index in [1.165, 1.54) is 0 Å². The molecule has 2 heterocycles. The molecular formula is C16H20N4O. The van der Waals surface area contributed by atoms with E-state index in [4.69, 9.17) is 5.73 Å². The van der Waals surface area contributed by atoms with E-state index in [2.05, 4.69) is 9.97 Å². The van der Waals surface area contributed by atoms with Gasteiger partial charge < -0.3 is 10.6 Å². The molecule has 5 heteroatoms. The predicted octanol–water partition coefficient (Wildman–Crippen LogP) is 2.45. The molecule has 2 rings (SSSR count). The number of nitrogen functional groups attached to an aromatic ring is 1. The summed E-state index contributed by atoms with van der Waals surface area (Å²) in [6.07, 6.45) is 3.43. The Hall–Kier alpha value is -2.43. The van der Waals surface area contributed by atoms with Crippen LogP contribution in [0, 0.1) is 0 Å². The van der Waals surface area contributed by atoms with Crippen LogP contribution in [0.2, 0.25) is 0 Å². The van der Waals surface area contributed by atoms with Crippen molar-refractivity contribution < 1.29 is 4.79 Å². The van der Waals surface area contributed by atoms with Gasteiger partial charge in [0, 0.05) is 37.2 Å². The number of nitrogens with zero attached hydrogens (tertiary/aromatic N) is 3. The van der Waals surface area contributed by atoms with Crippen LogP contribution in [-0.2, 0) is 6.54 Å². The minimum absolute atomic E-state index is 0.0668. The Balaban J connectivity index is 2.19. The molecule has 0 aliphatic rings. The summed E-state index contributed by atoms with van der Waals surface area (Å²) in [4.78, 5) is 22.4. The third kappa shape index (κ3) is 3.78. The van der Waals surface area contributed by atoms with Crippen molar-refractivity contribution in [2.24, 2.45) is 0 Å². The van der Waals surface area contributed by atoms with Crippen molar-refractivity contribution in [1.29, 1.82) is 0 Å². The lowest BCUT2D eigenvalue weighted by Crippen LogP contribution is -2.26. The summed E-state index contributed by atoms with van der Waals surface area (Å²) >= 11 is 0. The van der Waals surface area contributed by atoms with Gasteiger partial charge in [-0.1, -0.05) is 13.8 Å².